The van der Waals surface area contributed by atoms with Gasteiger partial charge in [0.25, 0.3) is 0 Å². The average Bonchev–Trinajstić information content (AvgIpc) is 3.26. The molecule has 0 spiro atoms. The van der Waals surface area contributed by atoms with Gasteiger partial charge in [-0.2, -0.15) is 0 Å². The van der Waals surface area contributed by atoms with Gasteiger partial charge in [0, 0.05) is 55.4 Å². The molecular weight excluding hydrogens is 450 g/mol. The Balaban J connectivity index is 1.18. The van der Waals surface area contributed by atoms with Crippen LogP contribution in [0.5, 0.6) is 0 Å². The van der Waals surface area contributed by atoms with Crippen LogP contribution in [0.15, 0.2) is 60.7 Å². The summed E-state index contributed by atoms with van der Waals surface area (Å²) >= 11 is 5.96. The van der Waals surface area contributed by atoms with E-state index in [0.717, 1.165) is 28.3 Å². The molecule has 174 valence electrons. The normalized spacial score (nSPS) is 18.5. The van der Waals surface area contributed by atoms with Crippen molar-refractivity contribution in [3.63, 3.8) is 0 Å². The van der Waals surface area contributed by atoms with Gasteiger partial charge in [0.2, 0.25) is 11.8 Å². The van der Waals surface area contributed by atoms with E-state index < -0.39 is 0 Å². The first-order chi connectivity index (χ1) is 16.5. The maximum Gasteiger partial charge on any atom is 0.228 e. The number of hydrogen-bond acceptors (Lipinski definition) is 5. The largest absolute Gasteiger partial charge is 0.352 e. The summed E-state index contributed by atoms with van der Waals surface area (Å²) in [5.41, 5.74) is 3.88. The number of nitrogens with zero attached hydrogens (tertiary/aromatic N) is 5. The summed E-state index contributed by atoms with van der Waals surface area (Å²) in [5.74, 6) is 0.520. The number of carbonyl (C=O) groups is 2. The highest BCUT2D eigenvalue weighted by atomic mass is 35.5. The Bertz CT molecular complexity index is 1190. The summed E-state index contributed by atoms with van der Waals surface area (Å²) in [6, 6.07) is 19.3. The highest BCUT2D eigenvalue weighted by Gasteiger charge is 2.38. The van der Waals surface area contributed by atoms with Crippen LogP contribution in [0.2, 0.25) is 5.02 Å². The van der Waals surface area contributed by atoms with Crippen LogP contribution in [0.25, 0.3) is 11.3 Å². The zero-order valence-corrected chi connectivity index (χ0v) is 19.8. The maximum absolute atomic E-state index is 13.1. The van der Waals surface area contributed by atoms with E-state index in [0.29, 0.717) is 37.7 Å². The van der Waals surface area contributed by atoms with Gasteiger partial charge in [-0.1, -0.05) is 35.9 Å². The van der Waals surface area contributed by atoms with E-state index in [1.807, 2.05) is 47.4 Å². The molecule has 2 amide bonds. The van der Waals surface area contributed by atoms with Crippen molar-refractivity contribution in [2.45, 2.75) is 13.3 Å². The zero-order valence-electron chi connectivity index (χ0n) is 19.0. The molecule has 2 aliphatic rings. The third-order valence-corrected chi connectivity index (χ3v) is 6.85. The fourth-order valence-electron chi connectivity index (χ4n) is 4.66. The van der Waals surface area contributed by atoms with Crippen molar-refractivity contribution >= 4 is 34.9 Å². The average molecular weight is 476 g/mol. The topological polar surface area (TPSA) is 69.6 Å². The van der Waals surface area contributed by atoms with Gasteiger partial charge >= 0.3 is 0 Å². The van der Waals surface area contributed by atoms with Crippen LogP contribution in [-0.2, 0) is 9.59 Å². The van der Waals surface area contributed by atoms with Gasteiger partial charge < -0.3 is 14.7 Å². The smallest absolute Gasteiger partial charge is 0.228 e. The van der Waals surface area contributed by atoms with Gasteiger partial charge in [0.15, 0.2) is 5.82 Å². The Morgan fingerprint density at radius 1 is 0.941 bits per heavy atom. The fourth-order valence-corrected chi connectivity index (χ4v) is 4.78. The second kappa shape index (κ2) is 9.43. The molecule has 2 fully saturated rings. The van der Waals surface area contributed by atoms with Gasteiger partial charge in [-0.25, -0.2) is 0 Å². The molecule has 0 radical (unpaired) electrons. The van der Waals surface area contributed by atoms with Crippen molar-refractivity contribution < 1.29 is 9.59 Å². The first-order valence-electron chi connectivity index (χ1n) is 11.5. The monoisotopic (exact) mass is 475 g/mol. The first-order valence-corrected chi connectivity index (χ1v) is 11.9. The summed E-state index contributed by atoms with van der Waals surface area (Å²) in [7, 11) is 0. The third-order valence-electron chi connectivity index (χ3n) is 6.60. The Labute approximate surface area is 203 Å². The van der Waals surface area contributed by atoms with E-state index in [-0.39, 0.29) is 24.2 Å². The van der Waals surface area contributed by atoms with Crippen LogP contribution in [-0.4, -0.2) is 59.6 Å². The lowest BCUT2D eigenvalue weighted by atomic mass is 10.1. The molecule has 3 heterocycles. The molecule has 0 aliphatic carbocycles. The number of halogens is 1. The van der Waals surface area contributed by atoms with Crippen molar-refractivity contribution in [2.24, 2.45) is 5.92 Å². The highest BCUT2D eigenvalue weighted by molar-refractivity contribution is 6.30. The third kappa shape index (κ3) is 4.48. The Kier molecular flexibility index (Phi) is 6.20. The van der Waals surface area contributed by atoms with Gasteiger partial charge in [-0.3, -0.25) is 9.59 Å². The van der Waals surface area contributed by atoms with E-state index in [1.165, 1.54) is 0 Å². The highest BCUT2D eigenvalue weighted by Crippen LogP contribution is 2.28. The molecule has 0 N–H and O–H groups in total. The minimum atomic E-state index is -0.317. The molecule has 34 heavy (non-hydrogen) atoms. The molecule has 0 bridgehead atoms. The van der Waals surface area contributed by atoms with Crippen LogP contribution in [0, 0.1) is 12.8 Å². The number of carbonyl (C=O) groups excluding carboxylic acids is 2. The molecule has 7 nitrogen and oxygen atoms in total. The fraction of sp³-hybridized carbons (Fsp3) is 0.308. The van der Waals surface area contributed by atoms with Crippen LogP contribution < -0.4 is 9.80 Å². The molecule has 8 heteroatoms. The summed E-state index contributed by atoms with van der Waals surface area (Å²) < 4.78 is 0. The van der Waals surface area contributed by atoms with E-state index in [1.54, 1.807) is 17.0 Å². The van der Waals surface area contributed by atoms with Crippen molar-refractivity contribution in [1.29, 1.82) is 0 Å². The lowest BCUT2D eigenvalue weighted by Crippen LogP contribution is -2.51. The van der Waals surface area contributed by atoms with E-state index in [4.69, 9.17) is 11.6 Å². The molecule has 1 aromatic heterocycles. The number of rotatable bonds is 4. The molecule has 1 unspecified atom stereocenters. The van der Waals surface area contributed by atoms with Crippen molar-refractivity contribution in [1.82, 2.24) is 15.1 Å². The van der Waals surface area contributed by atoms with E-state index in [2.05, 4.69) is 28.1 Å². The maximum atomic E-state index is 13.1. The molecule has 5 rings (SSSR count). The number of benzene rings is 2. The van der Waals surface area contributed by atoms with Crippen LogP contribution in [0.4, 0.5) is 11.5 Å². The van der Waals surface area contributed by atoms with Crippen LogP contribution >= 0.6 is 11.6 Å². The number of hydrogen-bond donors (Lipinski definition) is 0. The molecule has 2 aliphatic heterocycles. The standard InChI is InChI=1S/C26H26ClN5O2/c1-18-4-2-3-5-22(18)23-10-11-24(29-28-23)30-12-14-31(15-13-30)26(34)19-16-25(33)32(17-19)21-8-6-20(27)7-9-21/h2-11,19H,12-17H2,1H3. The number of amides is 2. The minimum absolute atomic E-state index is 0.0247. The van der Waals surface area contributed by atoms with Crippen molar-refractivity contribution in [3.8, 4) is 11.3 Å². The van der Waals surface area contributed by atoms with Gasteiger partial charge in [-0.05, 0) is 48.9 Å². The van der Waals surface area contributed by atoms with E-state index >= 15 is 0 Å². The second-order valence-corrected chi connectivity index (χ2v) is 9.22. The summed E-state index contributed by atoms with van der Waals surface area (Å²) in [4.78, 5) is 31.4. The molecular formula is C26H26ClN5O2. The molecule has 2 saturated heterocycles. The Morgan fingerprint density at radius 2 is 1.68 bits per heavy atom. The number of aromatic nitrogens is 2. The summed E-state index contributed by atoms with van der Waals surface area (Å²) in [5, 5.41) is 9.49. The molecule has 2 aromatic carbocycles. The summed E-state index contributed by atoms with van der Waals surface area (Å²) in [6.07, 6.45) is 0.244. The Morgan fingerprint density at radius 3 is 2.35 bits per heavy atom. The lowest BCUT2D eigenvalue weighted by Gasteiger charge is -2.36. The van der Waals surface area contributed by atoms with E-state index in [9.17, 15) is 9.59 Å². The SMILES string of the molecule is Cc1ccccc1-c1ccc(N2CCN(C(=O)C3CC(=O)N(c4ccc(Cl)cc4)C3)CC2)nn1. The van der Waals surface area contributed by atoms with Crippen molar-refractivity contribution in [2.75, 3.05) is 42.5 Å². The lowest BCUT2D eigenvalue weighted by molar-refractivity contribution is -0.136. The number of anilines is 2. The first kappa shape index (κ1) is 22.3. The molecule has 0 saturated carbocycles. The predicted octanol–water partition coefficient (Wildman–Crippen LogP) is 3.81. The zero-order chi connectivity index (χ0) is 23.7. The quantitative estimate of drug-likeness (QED) is 0.574. The number of aryl methyl sites for hydroxylation is 1. The van der Waals surface area contributed by atoms with Gasteiger partial charge in [0.1, 0.15) is 0 Å². The van der Waals surface area contributed by atoms with Crippen molar-refractivity contribution in [3.05, 3.63) is 71.2 Å². The number of piperazine rings is 1. The van der Waals surface area contributed by atoms with Crippen LogP contribution in [0.3, 0.4) is 0 Å². The van der Waals surface area contributed by atoms with Crippen LogP contribution in [0.1, 0.15) is 12.0 Å². The molecule has 3 aromatic rings. The minimum Gasteiger partial charge on any atom is -0.352 e. The predicted molar refractivity (Wildman–Crippen MR) is 133 cm³/mol. The summed E-state index contributed by atoms with van der Waals surface area (Å²) in [6.45, 7) is 5.05. The van der Waals surface area contributed by atoms with Gasteiger partial charge in [0.05, 0.1) is 11.6 Å². The molecule has 1 atom stereocenters. The Hall–Kier alpha value is -3.45. The second-order valence-electron chi connectivity index (χ2n) is 8.79. The van der Waals surface area contributed by atoms with Gasteiger partial charge in [-0.15, -0.1) is 10.2 Å².